The van der Waals surface area contributed by atoms with Gasteiger partial charge in [0.2, 0.25) is 0 Å². The maximum Gasteiger partial charge on any atom is 0.0460 e. The van der Waals surface area contributed by atoms with Crippen molar-refractivity contribution in [1.29, 1.82) is 0 Å². The summed E-state index contributed by atoms with van der Waals surface area (Å²) in [7, 11) is 0. The number of rotatable bonds is 4. The van der Waals surface area contributed by atoms with Gasteiger partial charge in [0.1, 0.15) is 0 Å². The molecule has 0 unspecified atom stereocenters. The molecule has 1 heterocycles. The molecule has 1 heteroatoms. The molecule has 0 amide bonds. The average Bonchev–Trinajstić information content (AvgIpc) is 3.49. The molecule has 0 aromatic heterocycles. The van der Waals surface area contributed by atoms with Gasteiger partial charge >= 0.3 is 0 Å². The van der Waals surface area contributed by atoms with Crippen molar-refractivity contribution in [1.82, 2.24) is 0 Å². The Morgan fingerprint density at radius 3 is 1.73 bits per heavy atom. The maximum atomic E-state index is 3.78. The van der Waals surface area contributed by atoms with E-state index in [2.05, 4.69) is 261 Å². The van der Waals surface area contributed by atoms with Crippen molar-refractivity contribution < 1.29 is 0 Å². The number of benzene rings is 9. The first-order valence-electron chi connectivity index (χ1n) is 27.0. The zero-order valence-corrected chi connectivity index (χ0v) is 44.5. The third kappa shape index (κ3) is 12.1. The van der Waals surface area contributed by atoms with Gasteiger partial charge in [-0.2, -0.15) is 0 Å². The van der Waals surface area contributed by atoms with Crippen LogP contribution in [0.4, 0.5) is 5.69 Å². The number of nitrogens with one attached hydrogen (secondary N) is 1. The van der Waals surface area contributed by atoms with Crippen molar-refractivity contribution >= 4 is 33.7 Å². The van der Waals surface area contributed by atoms with E-state index in [0.717, 1.165) is 31.4 Å². The predicted octanol–water partition coefficient (Wildman–Crippen LogP) is 20.6. The molecule has 368 valence electrons. The van der Waals surface area contributed by atoms with Crippen molar-refractivity contribution in [3.8, 4) is 33.4 Å². The Morgan fingerprint density at radius 1 is 0.392 bits per heavy atom. The van der Waals surface area contributed by atoms with E-state index in [1.54, 1.807) is 0 Å². The van der Waals surface area contributed by atoms with Crippen molar-refractivity contribution in [2.75, 3.05) is 5.32 Å². The van der Waals surface area contributed by atoms with Crippen LogP contribution in [0.2, 0.25) is 0 Å². The molecule has 1 N–H and O–H groups in total. The number of allylic oxidation sites excluding steroid dienone is 8. The summed E-state index contributed by atoms with van der Waals surface area (Å²) in [5, 5.41) is 6.42. The van der Waals surface area contributed by atoms with E-state index in [1.165, 1.54) is 111 Å². The molecular formula is C73H71N. The normalized spacial score (nSPS) is 14.6. The van der Waals surface area contributed by atoms with Crippen LogP contribution in [0.25, 0.3) is 61.4 Å². The van der Waals surface area contributed by atoms with Gasteiger partial charge in [-0.3, -0.25) is 0 Å². The van der Waals surface area contributed by atoms with Crippen LogP contribution in [-0.4, -0.2) is 0 Å². The molecule has 0 spiro atoms. The number of fused-ring (bicyclic) bond motifs is 9. The summed E-state index contributed by atoms with van der Waals surface area (Å²) in [4.78, 5) is 0. The van der Waals surface area contributed by atoms with Crippen LogP contribution in [0.15, 0.2) is 254 Å². The van der Waals surface area contributed by atoms with Gasteiger partial charge in [-0.05, 0) is 157 Å². The fourth-order valence-electron chi connectivity index (χ4n) is 10.2. The summed E-state index contributed by atoms with van der Waals surface area (Å²) in [6.07, 6.45) is 17.7. The first kappa shape index (κ1) is 52.1. The van der Waals surface area contributed by atoms with Crippen molar-refractivity contribution in [2.24, 2.45) is 0 Å². The standard InChI is InChI=1S/C56H43N.C11H10.3C2H6/c1-2-14-39(15-3-1)34-40-16-12-20-42(35-40)43-21-13-22-44(36-43)45-29-31-56-55(38-45)48-23-7-4-17-41(48)28-30-53-52-27-11-10-26-51(52)49-24-8-5-18-46(49)37-47-19-6-9-25-50(47)54(53)32-33-57-56;1-9-6-7-10-4-2-3-5-11(10)8-9;3*1-2/h1-10,12-26,28-33,35-36,38,57H,11,27,34,37H2;2-8H,1H3;3*1-2H3/b30-28-,33-32+,54-53-;;;;. The molecule has 0 atom stereocenters. The largest absolute Gasteiger partial charge is 0.361 e. The van der Waals surface area contributed by atoms with E-state index in [9.17, 15) is 0 Å². The highest BCUT2D eigenvalue weighted by Crippen LogP contribution is 2.43. The van der Waals surface area contributed by atoms with E-state index >= 15 is 0 Å². The SMILES string of the molecule is C1=CC2=C(CC1)C1=C(/C=C/Nc3ccc(-c4cccc(-c5cccc(Cc6ccccc6)c5)c4)cc3-c3ccccc3/C=C\1)c1ccccc1Cc1ccccc12.CC.CC.CC.Cc1ccc2ccccc2c1. The summed E-state index contributed by atoms with van der Waals surface area (Å²) in [6.45, 7) is 14.1. The monoisotopic (exact) mass is 962 g/mol. The molecule has 3 aliphatic rings. The van der Waals surface area contributed by atoms with Gasteiger partial charge in [0, 0.05) is 17.5 Å². The summed E-state index contributed by atoms with van der Waals surface area (Å²) in [5.41, 5.74) is 24.0. The maximum absolute atomic E-state index is 3.78. The lowest BCUT2D eigenvalue weighted by Crippen LogP contribution is -2.01. The third-order valence-corrected chi connectivity index (χ3v) is 13.6. The Balaban J connectivity index is 0.000000370. The topological polar surface area (TPSA) is 12.0 Å². The number of hydrogen-bond donors (Lipinski definition) is 1. The Morgan fingerprint density at radius 2 is 0.986 bits per heavy atom. The zero-order valence-electron chi connectivity index (χ0n) is 44.5. The highest BCUT2D eigenvalue weighted by molar-refractivity contribution is 5.95. The van der Waals surface area contributed by atoms with Gasteiger partial charge in [0.05, 0.1) is 0 Å². The summed E-state index contributed by atoms with van der Waals surface area (Å²) < 4.78 is 0. The molecule has 12 rings (SSSR count). The number of anilines is 1. The quantitative estimate of drug-likeness (QED) is 0.185. The van der Waals surface area contributed by atoms with Crippen LogP contribution < -0.4 is 5.32 Å². The molecule has 0 bridgehead atoms. The van der Waals surface area contributed by atoms with Gasteiger partial charge in [0.25, 0.3) is 0 Å². The van der Waals surface area contributed by atoms with Gasteiger partial charge in [-0.25, -0.2) is 0 Å². The second kappa shape index (κ2) is 25.9. The molecule has 0 saturated heterocycles. The van der Waals surface area contributed by atoms with Gasteiger partial charge < -0.3 is 5.32 Å². The molecule has 1 aliphatic heterocycles. The Bertz CT molecular complexity index is 3480. The lowest BCUT2D eigenvalue weighted by atomic mass is 9.83. The van der Waals surface area contributed by atoms with Crippen molar-refractivity contribution in [3.05, 3.63) is 298 Å². The lowest BCUT2D eigenvalue weighted by Gasteiger charge is -2.21. The van der Waals surface area contributed by atoms with Crippen LogP contribution in [0.3, 0.4) is 0 Å². The van der Waals surface area contributed by atoms with Gasteiger partial charge in [0.15, 0.2) is 0 Å². The zero-order chi connectivity index (χ0) is 51.7. The van der Waals surface area contributed by atoms with Gasteiger partial charge in [-0.1, -0.05) is 266 Å². The molecule has 0 saturated carbocycles. The fraction of sp³-hybridized carbons (Fsp3) is 0.151. The van der Waals surface area contributed by atoms with Crippen LogP contribution in [0, 0.1) is 6.92 Å². The van der Waals surface area contributed by atoms with Gasteiger partial charge in [-0.15, -0.1) is 0 Å². The van der Waals surface area contributed by atoms with Crippen molar-refractivity contribution in [2.45, 2.75) is 74.1 Å². The van der Waals surface area contributed by atoms with E-state index in [-0.39, 0.29) is 0 Å². The Labute approximate surface area is 442 Å². The predicted molar refractivity (Wildman–Crippen MR) is 324 cm³/mol. The molecule has 9 aromatic rings. The van der Waals surface area contributed by atoms with E-state index in [0.29, 0.717) is 0 Å². The van der Waals surface area contributed by atoms with E-state index < -0.39 is 0 Å². The van der Waals surface area contributed by atoms with Crippen LogP contribution in [0.5, 0.6) is 0 Å². The molecular weight excluding hydrogens is 891 g/mol. The summed E-state index contributed by atoms with van der Waals surface area (Å²) in [6, 6.07) is 77.2. The van der Waals surface area contributed by atoms with Crippen LogP contribution in [0.1, 0.15) is 98.9 Å². The molecule has 2 aliphatic carbocycles. The smallest absolute Gasteiger partial charge is 0.0460 e. The minimum Gasteiger partial charge on any atom is -0.361 e. The Kier molecular flexibility index (Phi) is 18.2. The highest BCUT2D eigenvalue weighted by atomic mass is 14.8. The molecule has 9 aromatic carbocycles. The molecule has 1 nitrogen and oxygen atoms in total. The van der Waals surface area contributed by atoms with Crippen LogP contribution in [-0.2, 0) is 12.8 Å². The van der Waals surface area contributed by atoms with Crippen LogP contribution >= 0.6 is 0 Å². The minimum absolute atomic E-state index is 0.882. The minimum atomic E-state index is 0.882. The summed E-state index contributed by atoms with van der Waals surface area (Å²) >= 11 is 0. The number of aryl methyl sites for hydroxylation is 1. The number of hydrogen-bond acceptors (Lipinski definition) is 1. The molecule has 0 fully saturated rings. The Hall–Kier alpha value is -8.26. The second-order valence-electron chi connectivity index (χ2n) is 18.1. The highest BCUT2D eigenvalue weighted by Gasteiger charge is 2.23. The second-order valence-corrected chi connectivity index (χ2v) is 18.1. The molecule has 0 radical (unpaired) electrons. The average molecular weight is 962 g/mol. The van der Waals surface area contributed by atoms with E-state index in [4.69, 9.17) is 0 Å². The first-order valence-corrected chi connectivity index (χ1v) is 27.0. The lowest BCUT2D eigenvalue weighted by molar-refractivity contribution is 0.984. The first-order chi connectivity index (χ1) is 36.6. The fourth-order valence-corrected chi connectivity index (χ4v) is 10.2. The summed E-state index contributed by atoms with van der Waals surface area (Å²) in [5.74, 6) is 0. The van der Waals surface area contributed by atoms with Crippen molar-refractivity contribution in [3.63, 3.8) is 0 Å². The van der Waals surface area contributed by atoms with E-state index in [1.807, 2.05) is 41.5 Å². The third-order valence-electron chi connectivity index (χ3n) is 13.6. The molecule has 74 heavy (non-hydrogen) atoms.